The van der Waals surface area contributed by atoms with Crippen LogP contribution in [0.15, 0.2) is 78.9 Å². The Kier molecular flexibility index (Phi) is 6.43. The van der Waals surface area contributed by atoms with Crippen LogP contribution in [0.5, 0.6) is 5.75 Å². The Morgan fingerprint density at radius 1 is 0.917 bits per heavy atom. The summed E-state index contributed by atoms with van der Waals surface area (Å²) in [5.74, 6) is -2.30. The number of nitrogens with zero attached hydrogens (tertiary/aromatic N) is 2. The number of aromatic carboxylic acids is 1. The second-order valence-corrected chi connectivity index (χ2v) is 8.76. The highest BCUT2D eigenvalue weighted by atomic mass is 16.7. The fourth-order valence-corrected chi connectivity index (χ4v) is 4.76. The molecule has 1 N–H and O–H groups in total. The molecule has 184 valence electrons. The van der Waals surface area contributed by atoms with Crippen molar-refractivity contribution in [2.75, 3.05) is 16.6 Å². The van der Waals surface area contributed by atoms with Gasteiger partial charge < -0.3 is 9.84 Å². The number of imide groups is 1. The molecular weight excluding hydrogens is 460 g/mol. The summed E-state index contributed by atoms with van der Waals surface area (Å²) in [7, 11) is 0. The lowest BCUT2D eigenvalue weighted by atomic mass is 9.88. The van der Waals surface area contributed by atoms with E-state index in [1.807, 2.05) is 18.2 Å². The number of carbonyl (C=O) groups excluding carboxylic acids is 2. The van der Waals surface area contributed by atoms with E-state index in [0.29, 0.717) is 29.3 Å². The summed E-state index contributed by atoms with van der Waals surface area (Å²) < 4.78 is 5.69. The summed E-state index contributed by atoms with van der Waals surface area (Å²) in [5, 5.41) is 11.3. The maximum atomic E-state index is 13.8. The van der Waals surface area contributed by atoms with Gasteiger partial charge in [-0.3, -0.25) is 14.4 Å². The molecule has 5 rings (SSSR count). The number of fused-ring (bicyclic) bond motifs is 1. The van der Waals surface area contributed by atoms with Gasteiger partial charge >= 0.3 is 5.97 Å². The minimum absolute atomic E-state index is 0.0555. The van der Waals surface area contributed by atoms with E-state index in [1.54, 1.807) is 54.6 Å². The maximum absolute atomic E-state index is 13.8. The molecule has 8 heteroatoms. The molecule has 2 amide bonds. The number of hydroxylamine groups is 1. The third-order valence-electron chi connectivity index (χ3n) is 6.50. The molecule has 3 atom stereocenters. The topological polar surface area (TPSA) is 96.4 Å². The SMILES string of the molecule is CCCCOc1ccc(N2C(=O)[C@@H]3[C@@H](ON(c4ccccc4)[C@H]3c3ccccc3C(=O)O)C2=O)cc1. The second-order valence-electron chi connectivity index (χ2n) is 8.76. The zero-order valence-corrected chi connectivity index (χ0v) is 19.7. The summed E-state index contributed by atoms with van der Waals surface area (Å²) >= 11 is 0. The van der Waals surface area contributed by atoms with E-state index >= 15 is 0 Å². The van der Waals surface area contributed by atoms with Crippen LogP contribution < -0.4 is 14.7 Å². The number of unbranched alkanes of at least 4 members (excludes halogenated alkanes) is 1. The van der Waals surface area contributed by atoms with Gasteiger partial charge in [0, 0.05) is 0 Å². The number of amides is 2. The Hall–Kier alpha value is -4.17. The predicted molar refractivity (Wildman–Crippen MR) is 133 cm³/mol. The minimum atomic E-state index is -1.12. The van der Waals surface area contributed by atoms with Gasteiger partial charge in [0.05, 0.1) is 29.6 Å². The third kappa shape index (κ3) is 4.09. The molecule has 2 aliphatic heterocycles. The Balaban J connectivity index is 1.51. The molecule has 0 unspecified atom stereocenters. The van der Waals surface area contributed by atoms with Crippen molar-refractivity contribution in [1.82, 2.24) is 0 Å². The van der Waals surface area contributed by atoms with Gasteiger partial charge in [-0.15, -0.1) is 0 Å². The van der Waals surface area contributed by atoms with E-state index < -0.39 is 35.8 Å². The molecule has 0 radical (unpaired) electrons. The summed E-state index contributed by atoms with van der Waals surface area (Å²) in [4.78, 5) is 46.5. The molecule has 8 nitrogen and oxygen atoms in total. The Morgan fingerprint density at radius 2 is 1.61 bits per heavy atom. The summed E-state index contributed by atoms with van der Waals surface area (Å²) in [6.45, 7) is 2.67. The van der Waals surface area contributed by atoms with Gasteiger partial charge in [-0.05, 0) is 54.4 Å². The summed E-state index contributed by atoms with van der Waals surface area (Å²) in [6, 6.07) is 21.6. The van der Waals surface area contributed by atoms with Crippen molar-refractivity contribution in [1.29, 1.82) is 0 Å². The van der Waals surface area contributed by atoms with Crippen LogP contribution in [0.4, 0.5) is 11.4 Å². The fourth-order valence-electron chi connectivity index (χ4n) is 4.76. The lowest BCUT2D eigenvalue weighted by Gasteiger charge is -2.29. The number of para-hydroxylation sites is 1. The monoisotopic (exact) mass is 486 g/mol. The van der Waals surface area contributed by atoms with E-state index in [-0.39, 0.29) is 5.56 Å². The summed E-state index contributed by atoms with van der Waals surface area (Å²) in [6.07, 6.45) is 0.872. The fraction of sp³-hybridized carbons (Fsp3) is 0.250. The van der Waals surface area contributed by atoms with Crippen LogP contribution in [-0.4, -0.2) is 35.6 Å². The molecule has 2 saturated heterocycles. The summed E-state index contributed by atoms with van der Waals surface area (Å²) in [5.41, 5.74) is 1.50. The van der Waals surface area contributed by atoms with E-state index in [1.165, 1.54) is 11.1 Å². The highest BCUT2D eigenvalue weighted by Gasteiger charge is 2.60. The molecule has 3 aromatic rings. The van der Waals surface area contributed by atoms with Crippen LogP contribution in [-0.2, 0) is 14.4 Å². The Bertz CT molecular complexity index is 1280. The van der Waals surface area contributed by atoms with Crippen molar-refractivity contribution in [3.8, 4) is 5.75 Å². The molecular formula is C28H26N2O6. The maximum Gasteiger partial charge on any atom is 0.336 e. The number of carbonyl (C=O) groups is 3. The molecule has 0 aromatic heterocycles. The van der Waals surface area contributed by atoms with E-state index in [0.717, 1.165) is 17.7 Å². The third-order valence-corrected chi connectivity index (χ3v) is 6.50. The zero-order chi connectivity index (χ0) is 25.2. The van der Waals surface area contributed by atoms with Crippen LogP contribution in [0.3, 0.4) is 0 Å². The molecule has 2 heterocycles. The standard InChI is InChI=1S/C28H26N2O6/c1-2-3-17-35-20-15-13-18(14-16-20)29-26(31)23-24(21-11-7-8-12-22(21)28(33)34)30(36-25(23)27(29)32)19-9-5-4-6-10-19/h4-16,23-25H,2-3,17H2,1H3,(H,33,34)/t23-,24-,25+/m0/s1. The van der Waals surface area contributed by atoms with E-state index in [2.05, 4.69) is 6.92 Å². The zero-order valence-electron chi connectivity index (χ0n) is 19.7. The molecule has 0 aliphatic carbocycles. The lowest BCUT2D eigenvalue weighted by molar-refractivity contribution is -0.126. The van der Waals surface area contributed by atoms with Gasteiger partial charge in [0.15, 0.2) is 6.10 Å². The van der Waals surface area contributed by atoms with Gasteiger partial charge in [-0.2, -0.15) is 0 Å². The van der Waals surface area contributed by atoms with Crippen molar-refractivity contribution in [3.05, 3.63) is 90.0 Å². The van der Waals surface area contributed by atoms with Crippen LogP contribution >= 0.6 is 0 Å². The Morgan fingerprint density at radius 3 is 2.31 bits per heavy atom. The van der Waals surface area contributed by atoms with Gasteiger partial charge in [0.25, 0.3) is 5.91 Å². The van der Waals surface area contributed by atoms with Crippen LogP contribution in [0.2, 0.25) is 0 Å². The lowest BCUT2D eigenvalue weighted by Crippen LogP contribution is -2.37. The molecule has 36 heavy (non-hydrogen) atoms. The first-order chi connectivity index (χ1) is 17.5. The second kappa shape index (κ2) is 9.83. The van der Waals surface area contributed by atoms with Gasteiger partial charge in [0.2, 0.25) is 5.91 Å². The number of ether oxygens (including phenoxy) is 1. The van der Waals surface area contributed by atoms with Crippen molar-refractivity contribution in [3.63, 3.8) is 0 Å². The van der Waals surface area contributed by atoms with E-state index in [9.17, 15) is 19.5 Å². The number of carboxylic acid groups (broad SMARTS) is 1. The number of hydrogen-bond acceptors (Lipinski definition) is 6. The van der Waals surface area contributed by atoms with Crippen molar-refractivity contribution < 1.29 is 29.1 Å². The predicted octanol–water partition coefficient (Wildman–Crippen LogP) is 4.61. The average Bonchev–Trinajstić information content (AvgIpc) is 3.41. The molecule has 3 aromatic carbocycles. The molecule has 0 spiro atoms. The number of anilines is 2. The molecule has 2 fully saturated rings. The van der Waals surface area contributed by atoms with Gasteiger partial charge in [-0.25, -0.2) is 14.8 Å². The highest BCUT2D eigenvalue weighted by Crippen LogP contribution is 2.48. The molecule has 0 bridgehead atoms. The van der Waals surface area contributed by atoms with Crippen LogP contribution in [0, 0.1) is 5.92 Å². The normalized spacial score (nSPS) is 21.1. The largest absolute Gasteiger partial charge is 0.494 e. The number of rotatable bonds is 8. The van der Waals surface area contributed by atoms with Crippen molar-refractivity contribution in [2.45, 2.75) is 31.9 Å². The van der Waals surface area contributed by atoms with Crippen molar-refractivity contribution >= 4 is 29.2 Å². The van der Waals surface area contributed by atoms with Gasteiger partial charge in [0.1, 0.15) is 11.7 Å². The number of hydrogen-bond donors (Lipinski definition) is 1. The van der Waals surface area contributed by atoms with Crippen molar-refractivity contribution in [2.24, 2.45) is 5.92 Å². The van der Waals surface area contributed by atoms with Gasteiger partial charge in [-0.1, -0.05) is 49.7 Å². The minimum Gasteiger partial charge on any atom is -0.494 e. The quantitative estimate of drug-likeness (QED) is 0.367. The molecule has 0 saturated carbocycles. The highest BCUT2D eigenvalue weighted by molar-refractivity contribution is 6.24. The smallest absolute Gasteiger partial charge is 0.336 e. The first kappa shape index (κ1) is 23.6. The molecule has 2 aliphatic rings. The average molecular weight is 487 g/mol. The first-order valence-electron chi connectivity index (χ1n) is 11.9. The first-order valence-corrected chi connectivity index (χ1v) is 11.9. The van der Waals surface area contributed by atoms with Crippen LogP contribution in [0.25, 0.3) is 0 Å². The number of benzene rings is 3. The Labute approximate surface area is 208 Å². The van der Waals surface area contributed by atoms with E-state index in [4.69, 9.17) is 9.57 Å². The number of carboxylic acids is 1. The van der Waals surface area contributed by atoms with Crippen LogP contribution in [0.1, 0.15) is 41.7 Å².